The van der Waals surface area contributed by atoms with Crippen molar-refractivity contribution < 1.29 is 13.2 Å². The minimum absolute atomic E-state index is 0.0614. The molecule has 1 fully saturated rings. The van der Waals surface area contributed by atoms with Gasteiger partial charge < -0.3 is 10.2 Å². The Balaban J connectivity index is 1.95. The van der Waals surface area contributed by atoms with Crippen molar-refractivity contribution in [1.29, 1.82) is 0 Å². The Kier molecular flexibility index (Phi) is 4.56. The van der Waals surface area contributed by atoms with E-state index in [1.165, 1.54) is 0 Å². The second-order valence-electron chi connectivity index (χ2n) is 5.81. The molecule has 1 N–H and O–H groups in total. The average molecular weight is 310 g/mol. The number of anilines is 1. The van der Waals surface area contributed by atoms with Crippen LogP contribution < -0.4 is 10.2 Å². The molecule has 0 aromatic heterocycles. The molecule has 1 aliphatic heterocycles. The fraction of sp³-hybridized carbons (Fsp3) is 0.533. The molecule has 2 rings (SSSR count). The highest BCUT2D eigenvalue weighted by molar-refractivity contribution is 7.91. The maximum Gasteiger partial charge on any atom is 0.239 e. The zero-order chi connectivity index (χ0) is 15.6. The SMILES string of the molecule is Cc1ccc(C)c(N(C)CC(=O)NC2CCS(=O)(=O)C2)c1. The van der Waals surface area contributed by atoms with Gasteiger partial charge in [-0.1, -0.05) is 12.1 Å². The molecular weight excluding hydrogens is 288 g/mol. The molecular formula is C15H22N2O3S. The molecule has 6 heteroatoms. The average Bonchev–Trinajstić information content (AvgIpc) is 2.71. The van der Waals surface area contributed by atoms with Crippen molar-refractivity contribution in [2.75, 3.05) is 30.0 Å². The molecule has 1 amide bonds. The highest BCUT2D eigenvalue weighted by Crippen LogP contribution is 2.20. The molecule has 1 heterocycles. The van der Waals surface area contributed by atoms with Crippen LogP contribution in [0.1, 0.15) is 17.5 Å². The lowest BCUT2D eigenvalue weighted by Crippen LogP contribution is -2.41. The number of hydrogen-bond acceptors (Lipinski definition) is 4. The summed E-state index contributed by atoms with van der Waals surface area (Å²) in [4.78, 5) is 13.9. The lowest BCUT2D eigenvalue weighted by atomic mass is 10.1. The number of sulfone groups is 1. The quantitative estimate of drug-likeness (QED) is 0.902. The molecule has 5 nitrogen and oxygen atoms in total. The number of nitrogens with zero attached hydrogens (tertiary/aromatic N) is 1. The first-order valence-corrected chi connectivity index (χ1v) is 8.87. The van der Waals surface area contributed by atoms with Crippen LogP contribution in [0.5, 0.6) is 0 Å². The third-order valence-corrected chi connectivity index (χ3v) is 5.52. The van der Waals surface area contributed by atoms with Crippen molar-refractivity contribution in [2.24, 2.45) is 0 Å². The van der Waals surface area contributed by atoms with Crippen molar-refractivity contribution in [3.63, 3.8) is 0 Å². The van der Waals surface area contributed by atoms with Gasteiger partial charge in [0.25, 0.3) is 0 Å². The first kappa shape index (κ1) is 15.8. The molecule has 1 atom stereocenters. The summed E-state index contributed by atoms with van der Waals surface area (Å²) in [5.74, 6) is 0.0944. The molecule has 1 aromatic carbocycles. The van der Waals surface area contributed by atoms with E-state index in [0.717, 1.165) is 16.8 Å². The number of amides is 1. The zero-order valence-corrected chi connectivity index (χ0v) is 13.5. The fourth-order valence-electron chi connectivity index (χ4n) is 2.61. The van der Waals surface area contributed by atoms with Crippen LogP contribution in [0, 0.1) is 13.8 Å². The van der Waals surface area contributed by atoms with E-state index in [0.29, 0.717) is 6.42 Å². The topological polar surface area (TPSA) is 66.5 Å². The number of carbonyl (C=O) groups excluding carboxylic acids is 1. The van der Waals surface area contributed by atoms with E-state index in [1.54, 1.807) is 0 Å². The Bertz CT molecular complexity index is 640. The summed E-state index contributed by atoms with van der Waals surface area (Å²) < 4.78 is 22.8. The van der Waals surface area contributed by atoms with Crippen molar-refractivity contribution in [3.05, 3.63) is 29.3 Å². The van der Waals surface area contributed by atoms with E-state index < -0.39 is 9.84 Å². The summed E-state index contributed by atoms with van der Waals surface area (Å²) in [6, 6.07) is 5.87. The van der Waals surface area contributed by atoms with E-state index in [1.807, 2.05) is 44.0 Å². The maximum atomic E-state index is 12.0. The first-order valence-electron chi connectivity index (χ1n) is 7.05. The molecule has 1 saturated heterocycles. The molecule has 116 valence electrons. The molecule has 0 spiro atoms. The van der Waals surface area contributed by atoms with Gasteiger partial charge in [0.2, 0.25) is 5.91 Å². The number of rotatable bonds is 4. The normalized spacial score (nSPS) is 20.2. The maximum absolute atomic E-state index is 12.0. The molecule has 0 aliphatic carbocycles. The highest BCUT2D eigenvalue weighted by atomic mass is 32.2. The molecule has 0 saturated carbocycles. The number of likely N-dealkylation sites (N-methyl/N-ethyl adjacent to an activating group) is 1. The lowest BCUT2D eigenvalue weighted by molar-refractivity contribution is -0.120. The Morgan fingerprint density at radius 2 is 2.10 bits per heavy atom. The molecule has 21 heavy (non-hydrogen) atoms. The standard InChI is InChI=1S/C15H22N2O3S/c1-11-4-5-12(2)14(8-11)17(3)9-15(18)16-13-6-7-21(19,20)10-13/h4-5,8,13H,6-7,9-10H2,1-3H3,(H,16,18). The zero-order valence-electron chi connectivity index (χ0n) is 12.7. The number of aryl methyl sites for hydroxylation is 2. The Labute approximate surface area is 126 Å². The van der Waals surface area contributed by atoms with Crippen LogP contribution in [0.15, 0.2) is 18.2 Å². The lowest BCUT2D eigenvalue weighted by Gasteiger charge is -2.22. The van der Waals surface area contributed by atoms with E-state index in [2.05, 4.69) is 5.32 Å². The van der Waals surface area contributed by atoms with E-state index >= 15 is 0 Å². The third-order valence-electron chi connectivity index (χ3n) is 3.75. The minimum atomic E-state index is -2.96. The van der Waals surface area contributed by atoms with Gasteiger partial charge in [0.1, 0.15) is 0 Å². The molecule has 1 aliphatic rings. The number of hydrogen-bond donors (Lipinski definition) is 1. The summed E-state index contributed by atoms with van der Waals surface area (Å²) >= 11 is 0. The van der Waals surface area contributed by atoms with Gasteiger partial charge in [-0.3, -0.25) is 4.79 Å². The third kappa shape index (κ3) is 4.20. The van der Waals surface area contributed by atoms with Gasteiger partial charge in [0.05, 0.1) is 18.1 Å². The van der Waals surface area contributed by atoms with Crippen LogP contribution in [0.4, 0.5) is 5.69 Å². The molecule has 0 radical (unpaired) electrons. The van der Waals surface area contributed by atoms with Gasteiger partial charge in [-0.25, -0.2) is 8.42 Å². The molecule has 0 bridgehead atoms. The van der Waals surface area contributed by atoms with Gasteiger partial charge in [-0.2, -0.15) is 0 Å². The van der Waals surface area contributed by atoms with Crippen LogP contribution >= 0.6 is 0 Å². The Morgan fingerprint density at radius 1 is 1.38 bits per heavy atom. The van der Waals surface area contributed by atoms with Gasteiger partial charge in [-0.05, 0) is 37.5 Å². The van der Waals surface area contributed by atoms with Crippen LogP contribution in [0.2, 0.25) is 0 Å². The summed E-state index contributed by atoms with van der Waals surface area (Å²) in [5.41, 5.74) is 3.27. The largest absolute Gasteiger partial charge is 0.365 e. The number of benzene rings is 1. The van der Waals surface area contributed by atoms with E-state index in [9.17, 15) is 13.2 Å². The van der Waals surface area contributed by atoms with E-state index in [4.69, 9.17) is 0 Å². The van der Waals surface area contributed by atoms with Gasteiger partial charge >= 0.3 is 0 Å². The summed E-state index contributed by atoms with van der Waals surface area (Å²) in [6.45, 7) is 4.24. The molecule has 1 unspecified atom stereocenters. The van der Waals surface area contributed by atoms with Crippen molar-refractivity contribution in [2.45, 2.75) is 26.3 Å². The fourth-order valence-corrected chi connectivity index (χ4v) is 4.29. The van der Waals surface area contributed by atoms with Crippen molar-refractivity contribution in [3.8, 4) is 0 Å². The predicted molar refractivity (Wildman–Crippen MR) is 84.4 cm³/mol. The first-order chi connectivity index (χ1) is 9.77. The van der Waals surface area contributed by atoms with Crippen molar-refractivity contribution in [1.82, 2.24) is 5.32 Å². The monoisotopic (exact) mass is 310 g/mol. The second-order valence-corrected chi connectivity index (χ2v) is 8.04. The van der Waals surface area contributed by atoms with Crippen LogP contribution in [0.25, 0.3) is 0 Å². The Hall–Kier alpha value is -1.56. The van der Waals surface area contributed by atoms with Crippen LogP contribution in [0.3, 0.4) is 0 Å². The Morgan fingerprint density at radius 3 is 2.71 bits per heavy atom. The van der Waals surface area contributed by atoms with Crippen LogP contribution in [-0.2, 0) is 14.6 Å². The van der Waals surface area contributed by atoms with Crippen molar-refractivity contribution >= 4 is 21.4 Å². The smallest absolute Gasteiger partial charge is 0.239 e. The van der Waals surface area contributed by atoms with Crippen LogP contribution in [-0.4, -0.2) is 45.5 Å². The second kappa shape index (κ2) is 6.05. The predicted octanol–water partition coefficient (Wildman–Crippen LogP) is 1.04. The summed E-state index contributed by atoms with van der Waals surface area (Å²) in [7, 11) is -1.09. The minimum Gasteiger partial charge on any atom is -0.365 e. The highest BCUT2D eigenvalue weighted by Gasteiger charge is 2.29. The van der Waals surface area contributed by atoms with E-state index in [-0.39, 0.29) is 30.0 Å². The summed E-state index contributed by atoms with van der Waals surface area (Å²) in [5, 5.41) is 2.81. The van der Waals surface area contributed by atoms with Gasteiger partial charge in [0.15, 0.2) is 9.84 Å². The number of carbonyl (C=O) groups is 1. The van der Waals surface area contributed by atoms with Gasteiger partial charge in [-0.15, -0.1) is 0 Å². The number of nitrogens with one attached hydrogen (secondary N) is 1. The molecule has 1 aromatic rings. The summed E-state index contributed by atoms with van der Waals surface area (Å²) in [6.07, 6.45) is 0.515. The van der Waals surface area contributed by atoms with Gasteiger partial charge in [0, 0.05) is 18.8 Å².